The lowest BCUT2D eigenvalue weighted by Crippen LogP contribution is -2.37. The first-order valence-electron chi connectivity index (χ1n) is 7.36. The van der Waals surface area contributed by atoms with Crippen LogP contribution in [0.1, 0.15) is 45.5 Å². The van der Waals surface area contributed by atoms with E-state index in [1.54, 1.807) is 11.6 Å². The van der Waals surface area contributed by atoms with Gasteiger partial charge in [0, 0.05) is 19.0 Å². The van der Waals surface area contributed by atoms with Gasteiger partial charge in [0.05, 0.1) is 4.92 Å². The summed E-state index contributed by atoms with van der Waals surface area (Å²) in [6.07, 6.45) is 1.69. The van der Waals surface area contributed by atoms with Gasteiger partial charge in [-0.3, -0.25) is 14.8 Å². The molecule has 1 rings (SSSR count). The van der Waals surface area contributed by atoms with Gasteiger partial charge >= 0.3 is 5.69 Å². The summed E-state index contributed by atoms with van der Waals surface area (Å²) < 4.78 is 1.76. The van der Waals surface area contributed by atoms with E-state index in [0.717, 1.165) is 18.7 Å². The first kappa shape index (κ1) is 16.6. The van der Waals surface area contributed by atoms with E-state index in [9.17, 15) is 10.1 Å². The van der Waals surface area contributed by atoms with Crippen LogP contribution in [0.4, 0.5) is 5.69 Å². The van der Waals surface area contributed by atoms with Crippen LogP contribution >= 0.6 is 0 Å². The lowest BCUT2D eigenvalue weighted by atomic mass is 9.98. The zero-order valence-corrected chi connectivity index (χ0v) is 13.1. The lowest BCUT2D eigenvalue weighted by Gasteiger charge is -2.22. The van der Waals surface area contributed by atoms with E-state index in [0.29, 0.717) is 24.6 Å². The number of aromatic nitrogens is 2. The summed E-state index contributed by atoms with van der Waals surface area (Å²) in [5, 5.41) is 19.0. The van der Waals surface area contributed by atoms with Crippen molar-refractivity contribution in [1.82, 2.24) is 15.1 Å². The molecule has 1 aromatic heterocycles. The van der Waals surface area contributed by atoms with Crippen molar-refractivity contribution in [2.75, 3.05) is 6.54 Å². The summed E-state index contributed by atoms with van der Waals surface area (Å²) in [4.78, 5) is 11.0. The van der Waals surface area contributed by atoms with Crippen molar-refractivity contribution >= 4 is 5.69 Å². The first-order chi connectivity index (χ1) is 9.42. The molecule has 0 fully saturated rings. The minimum absolute atomic E-state index is 0.177. The van der Waals surface area contributed by atoms with Crippen LogP contribution in [0.5, 0.6) is 0 Å². The van der Waals surface area contributed by atoms with Crippen LogP contribution in [-0.2, 0) is 13.0 Å². The van der Waals surface area contributed by atoms with Gasteiger partial charge in [-0.1, -0.05) is 20.8 Å². The second-order valence-corrected chi connectivity index (χ2v) is 5.46. The van der Waals surface area contributed by atoms with E-state index < -0.39 is 0 Å². The number of nitro groups is 1. The molecule has 1 unspecified atom stereocenters. The fourth-order valence-electron chi connectivity index (χ4n) is 2.40. The van der Waals surface area contributed by atoms with Crippen molar-refractivity contribution in [3.05, 3.63) is 21.5 Å². The third-order valence-electron chi connectivity index (χ3n) is 3.55. The number of nitrogens with zero attached hydrogens (tertiary/aromatic N) is 3. The van der Waals surface area contributed by atoms with Crippen LogP contribution in [-0.4, -0.2) is 27.3 Å². The monoisotopic (exact) mass is 282 g/mol. The number of hydrogen-bond donors (Lipinski definition) is 1. The van der Waals surface area contributed by atoms with Crippen molar-refractivity contribution in [1.29, 1.82) is 0 Å². The van der Waals surface area contributed by atoms with Gasteiger partial charge in [0.2, 0.25) is 0 Å². The maximum atomic E-state index is 11.3. The van der Waals surface area contributed by atoms with Crippen molar-refractivity contribution in [3.8, 4) is 0 Å². The Morgan fingerprint density at radius 1 is 1.40 bits per heavy atom. The highest BCUT2D eigenvalue weighted by Gasteiger charge is 2.27. The molecule has 1 atom stereocenters. The van der Waals surface area contributed by atoms with E-state index in [4.69, 9.17) is 0 Å². The molecule has 0 spiro atoms. The Morgan fingerprint density at radius 2 is 2.05 bits per heavy atom. The molecular weight excluding hydrogens is 256 g/mol. The Kier molecular flexibility index (Phi) is 6.13. The lowest BCUT2D eigenvalue weighted by molar-refractivity contribution is -0.386. The summed E-state index contributed by atoms with van der Waals surface area (Å²) in [6, 6.07) is 0.232. The molecule has 0 aliphatic heterocycles. The van der Waals surface area contributed by atoms with Crippen LogP contribution in [0.15, 0.2) is 0 Å². The van der Waals surface area contributed by atoms with Crippen LogP contribution in [0.25, 0.3) is 0 Å². The summed E-state index contributed by atoms with van der Waals surface area (Å²) in [5.41, 5.74) is 1.41. The number of rotatable bonds is 8. The van der Waals surface area contributed by atoms with Gasteiger partial charge in [-0.25, -0.2) is 0 Å². The molecule has 0 aliphatic carbocycles. The van der Waals surface area contributed by atoms with Crippen LogP contribution in [0, 0.1) is 23.0 Å². The minimum Gasteiger partial charge on any atom is -0.313 e. The SMILES string of the molecule is CCCNC(Cc1c([N+](=O)[O-])c(C)nn1CC)C(C)C. The van der Waals surface area contributed by atoms with Crippen LogP contribution in [0.3, 0.4) is 0 Å². The van der Waals surface area contributed by atoms with Crippen LogP contribution < -0.4 is 5.32 Å². The Morgan fingerprint density at radius 3 is 2.50 bits per heavy atom. The van der Waals surface area contributed by atoms with E-state index in [2.05, 4.69) is 31.2 Å². The highest BCUT2D eigenvalue weighted by Crippen LogP contribution is 2.25. The molecule has 1 N–H and O–H groups in total. The summed E-state index contributed by atoms with van der Waals surface area (Å²) in [7, 11) is 0. The zero-order valence-electron chi connectivity index (χ0n) is 13.1. The average molecular weight is 282 g/mol. The third kappa shape index (κ3) is 3.79. The number of nitrogens with one attached hydrogen (secondary N) is 1. The standard InChI is InChI=1S/C14H26N4O2/c1-6-8-15-12(10(3)4)9-13-14(18(19)20)11(5)16-17(13)7-2/h10,12,15H,6-9H2,1-5H3. The highest BCUT2D eigenvalue weighted by atomic mass is 16.6. The van der Waals surface area contributed by atoms with E-state index >= 15 is 0 Å². The molecule has 6 nitrogen and oxygen atoms in total. The molecular formula is C14H26N4O2. The molecule has 1 aromatic rings. The zero-order chi connectivity index (χ0) is 15.3. The molecule has 114 valence electrons. The smallest absolute Gasteiger partial charge is 0.313 e. The molecule has 0 aromatic carbocycles. The normalized spacial score (nSPS) is 12.9. The second kappa shape index (κ2) is 7.38. The van der Waals surface area contributed by atoms with E-state index in [1.807, 2.05) is 6.92 Å². The molecule has 0 amide bonds. The topological polar surface area (TPSA) is 73.0 Å². The number of hydrogen-bond acceptors (Lipinski definition) is 4. The first-order valence-corrected chi connectivity index (χ1v) is 7.36. The maximum absolute atomic E-state index is 11.3. The minimum atomic E-state index is -0.305. The fraction of sp³-hybridized carbons (Fsp3) is 0.786. The third-order valence-corrected chi connectivity index (χ3v) is 3.55. The van der Waals surface area contributed by atoms with E-state index in [1.165, 1.54) is 0 Å². The summed E-state index contributed by atoms with van der Waals surface area (Å²) in [5.74, 6) is 0.418. The summed E-state index contributed by atoms with van der Waals surface area (Å²) in [6.45, 7) is 11.6. The molecule has 0 radical (unpaired) electrons. The molecule has 0 saturated carbocycles. The molecule has 0 bridgehead atoms. The average Bonchev–Trinajstić information content (AvgIpc) is 2.70. The Labute approximate surface area is 120 Å². The predicted molar refractivity (Wildman–Crippen MR) is 79.9 cm³/mol. The van der Waals surface area contributed by atoms with E-state index in [-0.39, 0.29) is 16.7 Å². The largest absolute Gasteiger partial charge is 0.313 e. The summed E-state index contributed by atoms with van der Waals surface area (Å²) >= 11 is 0. The number of aryl methyl sites for hydroxylation is 2. The van der Waals surface area contributed by atoms with Crippen molar-refractivity contribution in [2.45, 2.75) is 60.0 Å². The molecule has 1 heterocycles. The van der Waals surface area contributed by atoms with Gasteiger partial charge < -0.3 is 5.32 Å². The molecule has 20 heavy (non-hydrogen) atoms. The fourth-order valence-corrected chi connectivity index (χ4v) is 2.40. The molecule has 0 saturated heterocycles. The Bertz CT molecular complexity index is 454. The maximum Gasteiger partial charge on any atom is 0.313 e. The Hall–Kier alpha value is -1.43. The van der Waals surface area contributed by atoms with Gasteiger partial charge in [0.1, 0.15) is 11.4 Å². The van der Waals surface area contributed by atoms with Crippen molar-refractivity contribution in [3.63, 3.8) is 0 Å². The van der Waals surface area contributed by atoms with Crippen molar-refractivity contribution in [2.24, 2.45) is 5.92 Å². The van der Waals surface area contributed by atoms with Gasteiger partial charge in [-0.2, -0.15) is 5.10 Å². The van der Waals surface area contributed by atoms with Gasteiger partial charge in [-0.15, -0.1) is 0 Å². The van der Waals surface area contributed by atoms with Gasteiger partial charge in [-0.05, 0) is 32.7 Å². The van der Waals surface area contributed by atoms with Gasteiger partial charge in [0.15, 0.2) is 0 Å². The quantitative estimate of drug-likeness (QED) is 0.587. The van der Waals surface area contributed by atoms with Gasteiger partial charge in [0.25, 0.3) is 0 Å². The second-order valence-electron chi connectivity index (χ2n) is 5.46. The Balaban J connectivity index is 3.07. The highest BCUT2D eigenvalue weighted by molar-refractivity contribution is 5.41. The molecule has 0 aliphatic rings. The van der Waals surface area contributed by atoms with Crippen molar-refractivity contribution < 1.29 is 4.92 Å². The molecule has 6 heteroatoms. The van der Waals surface area contributed by atoms with Crippen LogP contribution in [0.2, 0.25) is 0 Å². The predicted octanol–water partition coefficient (Wildman–Crippen LogP) is 2.69.